The number of aromatic nitrogens is 2. The Morgan fingerprint density at radius 1 is 1.15 bits per heavy atom. The van der Waals surface area contributed by atoms with Crippen LogP contribution in [0, 0.1) is 11.6 Å². The molecule has 0 saturated heterocycles. The van der Waals surface area contributed by atoms with Crippen molar-refractivity contribution in [2.45, 2.75) is 13.1 Å². The molecule has 1 aromatic heterocycles. The molecule has 0 unspecified atom stereocenters. The van der Waals surface area contributed by atoms with E-state index in [9.17, 15) is 18.4 Å². The summed E-state index contributed by atoms with van der Waals surface area (Å²) >= 11 is 0. The van der Waals surface area contributed by atoms with E-state index in [2.05, 4.69) is 0 Å². The summed E-state index contributed by atoms with van der Waals surface area (Å²) in [4.78, 5) is 23.6. The predicted octanol–water partition coefficient (Wildman–Crippen LogP) is 0.295. The topological polar surface area (TPSA) is 70.0 Å². The molecular weight excluding hydrogens is 268 g/mol. The van der Waals surface area contributed by atoms with Gasteiger partial charge in [-0.05, 0) is 18.2 Å². The fraction of sp³-hybridized carbons (Fsp3) is 0.231. The van der Waals surface area contributed by atoms with Crippen LogP contribution >= 0.6 is 0 Å². The molecule has 20 heavy (non-hydrogen) atoms. The second kappa shape index (κ2) is 5.79. The summed E-state index contributed by atoms with van der Waals surface area (Å²) in [5.74, 6) is -1.21. The van der Waals surface area contributed by atoms with E-state index in [-0.39, 0.29) is 25.2 Å². The first-order chi connectivity index (χ1) is 9.52. The fourth-order valence-corrected chi connectivity index (χ4v) is 1.86. The van der Waals surface area contributed by atoms with Gasteiger partial charge in [-0.2, -0.15) is 0 Å². The molecule has 0 fully saturated rings. The van der Waals surface area contributed by atoms with Crippen LogP contribution in [-0.4, -0.2) is 15.7 Å². The van der Waals surface area contributed by atoms with Crippen molar-refractivity contribution in [2.75, 3.05) is 6.54 Å². The van der Waals surface area contributed by atoms with Crippen LogP contribution in [0.3, 0.4) is 0 Å². The number of rotatable bonds is 4. The molecule has 106 valence electrons. The van der Waals surface area contributed by atoms with E-state index in [0.717, 1.165) is 27.3 Å². The van der Waals surface area contributed by atoms with E-state index in [0.29, 0.717) is 0 Å². The highest BCUT2D eigenvalue weighted by Crippen LogP contribution is 2.10. The maximum atomic E-state index is 13.5. The van der Waals surface area contributed by atoms with Gasteiger partial charge in [-0.15, -0.1) is 0 Å². The number of nitrogens with zero attached hydrogens (tertiary/aromatic N) is 2. The lowest BCUT2D eigenvalue weighted by Crippen LogP contribution is -2.40. The normalized spacial score (nSPS) is 10.8. The molecule has 0 saturated carbocycles. The van der Waals surface area contributed by atoms with Crippen molar-refractivity contribution in [3.63, 3.8) is 0 Å². The minimum atomic E-state index is -0.616. The van der Waals surface area contributed by atoms with Crippen molar-refractivity contribution >= 4 is 0 Å². The van der Waals surface area contributed by atoms with Crippen LogP contribution in [0.25, 0.3) is 0 Å². The average Bonchev–Trinajstić information content (AvgIpc) is 2.42. The maximum Gasteiger partial charge on any atom is 0.331 e. The Morgan fingerprint density at radius 3 is 2.60 bits per heavy atom. The monoisotopic (exact) mass is 281 g/mol. The minimum absolute atomic E-state index is 0.0325. The van der Waals surface area contributed by atoms with Crippen molar-refractivity contribution in [1.29, 1.82) is 0 Å². The van der Waals surface area contributed by atoms with Crippen LogP contribution in [-0.2, 0) is 13.1 Å². The van der Waals surface area contributed by atoms with Gasteiger partial charge in [0.2, 0.25) is 0 Å². The number of hydrogen-bond donors (Lipinski definition) is 1. The van der Waals surface area contributed by atoms with Crippen LogP contribution in [0.4, 0.5) is 8.78 Å². The van der Waals surface area contributed by atoms with E-state index in [1.54, 1.807) is 0 Å². The van der Waals surface area contributed by atoms with Crippen molar-refractivity contribution < 1.29 is 8.78 Å². The number of benzene rings is 1. The summed E-state index contributed by atoms with van der Waals surface area (Å²) < 4.78 is 28.7. The van der Waals surface area contributed by atoms with Gasteiger partial charge >= 0.3 is 5.69 Å². The quantitative estimate of drug-likeness (QED) is 0.876. The van der Waals surface area contributed by atoms with Gasteiger partial charge in [0.1, 0.15) is 11.6 Å². The molecule has 0 aliphatic heterocycles. The number of halogens is 2. The van der Waals surface area contributed by atoms with Crippen molar-refractivity contribution in [1.82, 2.24) is 9.13 Å². The fourth-order valence-electron chi connectivity index (χ4n) is 1.86. The molecule has 0 radical (unpaired) electrons. The van der Waals surface area contributed by atoms with Gasteiger partial charge in [0.15, 0.2) is 0 Å². The van der Waals surface area contributed by atoms with E-state index in [1.807, 2.05) is 0 Å². The Morgan fingerprint density at radius 2 is 1.90 bits per heavy atom. The van der Waals surface area contributed by atoms with Gasteiger partial charge in [-0.3, -0.25) is 13.9 Å². The summed E-state index contributed by atoms with van der Waals surface area (Å²) in [7, 11) is 0. The van der Waals surface area contributed by atoms with Gasteiger partial charge in [-0.25, -0.2) is 13.6 Å². The summed E-state index contributed by atoms with van der Waals surface area (Å²) in [6.45, 7) is 0.0465. The molecule has 0 amide bonds. The molecule has 0 atom stereocenters. The minimum Gasteiger partial charge on any atom is -0.329 e. The summed E-state index contributed by atoms with van der Waals surface area (Å²) in [5.41, 5.74) is 4.28. The van der Waals surface area contributed by atoms with Crippen LogP contribution in [0.5, 0.6) is 0 Å². The van der Waals surface area contributed by atoms with E-state index < -0.39 is 22.9 Å². The van der Waals surface area contributed by atoms with E-state index >= 15 is 0 Å². The molecule has 0 spiro atoms. The number of nitrogens with two attached hydrogens (primary N) is 1. The number of hydrogen-bond acceptors (Lipinski definition) is 3. The van der Waals surface area contributed by atoms with Crippen LogP contribution < -0.4 is 17.0 Å². The zero-order valence-electron chi connectivity index (χ0n) is 10.6. The lowest BCUT2D eigenvalue weighted by Gasteiger charge is -2.10. The first kappa shape index (κ1) is 14.1. The lowest BCUT2D eigenvalue weighted by molar-refractivity contribution is 0.550. The Bertz CT molecular complexity index is 737. The molecule has 2 rings (SSSR count). The molecule has 7 heteroatoms. The van der Waals surface area contributed by atoms with E-state index in [4.69, 9.17) is 5.73 Å². The first-order valence-corrected chi connectivity index (χ1v) is 5.97. The molecule has 1 aromatic carbocycles. The van der Waals surface area contributed by atoms with Crippen LogP contribution in [0.2, 0.25) is 0 Å². The Kier molecular flexibility index (Phi) is 4.09. The zero-order valence-corrected chi connectivity index (χ0v) is 10.6. The summed E-state index contributed by atoms with van der Waals surface area (Å²) in [5, 5.41) is 0. The van der Waals surface area contributed by atoms with Crippen LogP contribution in [0.15, 0.2) is 40.1 Å². The van der Waals surface area contributed by atoms with Crippen molar-refractivity contribution in [2.24, 2.45) is 5.73 Å². The second-order valence-corrected chi connectivity index (χ2v) is 4.24. The predicted molar refractivity (Wildman–Crippen MR) is 69.5 cm³/mol. The molecule has 5 nitrogen and oxygen atoms in total. The molecular formula is C13H13F2N3O2. The van der Waals surface area contributed by atoms with E-state index in [1.165, 1.54) is 12.3 Å². The maximum absolute atomic E-state index is 13.5. The van der Waals surface area contributed by atoms with Gasteiger partial charge in [-0.1, -0.05) is 0 Å². The molecule has 0 aliphatic carbocycles. The highest BCUT2D eigenvalue weighted by Gasteiger charge is 2.08. The second-order valence-electron chi connectivity index (χ2n) is 4.24. The Hall–Kier alpha value is -2.28. The van der Waals surface area contributed by atoms with Gasteiger partial charge in [0.05, 0.1) is 6.54 Å². The molecule has 2 N–H and O–H groups in total. The Labute approximate surface area is 112 Å². The van der Waals surface area contributed by atoms with Gasteiger partial charge in [0.25, 0.3) is 5.56 Å². The standard InChI is InChI=1S/C13H13F2N3O2/c14-10-1-2-11(15)9(7-10)8-17-5-3-12(19)18(6-4-16)13(17)20/h1-3,5,7H,4,6,8,16H2. The highest BCUT2D eigenvalue weighted by molar-refractivity contribution is 5.19. The molecule has 0 bridgehead atoms. The largest absolute Gasteiger partial charge is 0.331 e. The summed E-state index contributed by atoms with van der Waals surface area (Å²) in [6, 6.07) is 4.19. The molecule has 0 aliphatic rings. The summed E-state index contributed by atoms with van der Waals surface area (Å²) in [6.07, 6.45) is 1.25. The van der Waals surface area contributed by atoms with Gasteiger partial charge < -0.3 is 5.73 Å². The molecule has 1 heterocycles. The smallest absolute Gasteiger partial charge is 0.329 e. The van der Waals surface area contributed by atoms with Crippen molar-refractivity contribution in [3.8, 4) is 0 Å². The molecule has 2 aromatic rings. The van der Waals surface area contributed by atoms with Gasteiger partial charge in [0, 0.05) is 30.9 Å². The lowest BCUT2D eigenvalue weighted by atomic mass is 10.2. The third-order valence-corrected chi connectivity index (χ3v) is 2.84. The third kappa shape index (κ3) is 2.83. The zero-order chi connectivity index (χ0) is 14.7. The van der Waals surface area contributed by atoms with Crippen LogP contribution in [0.1, 0.15) is 5.56 Å². The Balaban J connectivity index is 2.44. The average molecular weight is 281 g/mol. The van der Waals surface area contributed by atoms with Crippen molar-refractivity contribution in [3.05, 3.63) is 68.5 Å². The first-order valence-electron chi connectivity index (χ1n) is 5.97. The highest BCUT2D eigenvalue weighted by atomic mass is 19.1. The third-order valence-electron chi connectivity index (χ3n) is 2.84. The SMILES string of the molecule is NCCn1c(=O)ccn(Cc2cc(F)ccc2F)c1=O.